The Balaban J connectivity index is 1.86. The van der Waals surface area contributed by atoms with Crippen molar-refractivity contribution in [2.24, 2.45) is 11.8 Å². The van der Waals surface area contributed by atoms with Gasteiger partial charge < -0.3 is 20.9 Å². The molecule has 0 amide bonds. The number of halogens is 1. The normalized spacial score (nSPS) is 13.9. The standard InChI is InChI=1S/C34H46ClN3O3/c1-8-34(6,7)41-32-24(11-10-18-38-32)14-12-21(3)19-26-20-25(15-13-22(26)4)29(23(5)33(39)40)27-16-17-28(37-9-2)31(36)30(27)35/h10-11,13,15-18,20-21,23,29,37H,8-9,12,14,19,36H2,1-7H3,(H,39,40). The van der Waals surface area contributed by atoms with Gasteiger partial charge in [0, 0.05) is 24.2 Å². The fraction of sp³-hybridized carbons (Fsp3) is 0.471. The predicted molar refractivity (Wildman–Crippen MR) is 170 cm³/mol. The van der Waals surface area contributed by atoms with Crippen LogP contribution in [0.25, 0.3) is 0 Å². The highest BCUT2D eigenvalue weighted by Crippen LogP contribution is 2.42. The maximum Gasteiger partial charge on any atom is 0.307 e. The van der Waals surface area contributed by atoms with Crippen LogP contribution in [0.2, 0.25) is 5.02 Å². The maximum absolute atomic E-state index is 12.2. The first-order chi connectivity index (χ1) is 19.4. The number of benzene rings is 2. The number of nitrogen functional groups attached to an aromatic ring is 1. The van der Waals surface area contributed by atoms with E-state index in [4.69, 9.17) is 22.1 Å². The van der Waals surface area contributed by atoms with Crippen LogP contribution in [0, 0.1) is 18.8 Å². The molecule has 0 aliphatic carbocycles. The van der Waals surface area contributed by atoms with Crippen molar-refractivity contribution in [3.63, 3.8) is 0 Å². The second-order valence-electron chi connectivity index (χ2n) is 11.8. The summed E-state index contributed by atoms with van der Waals surface area (Å²) in [5.74, 6) is -0.903. The second kappa shape index (κ2) is 14.1. The van der Waals surface area contributed by atoms with E-state index in [1.165, 1.54) is 11.1 Å². The number of aryl methyl sites for hydroxylation is 2. The Morgan fingerprint density at radius 1 is 1.15 bits per heavy atom. The summed E-state index contributed by atoms with van der Waals surface area (Å²) >= 11 is 6.77. The number of carbonyl (C=O) groups is 1. The van der Waals surface area contributed by atoms with Crippen molar-refractivity contribution in [2.45, 2.75) is 85.7 Å². The van der Waals surface area contributed by atoms with Crippen LogP contribution in [0.15, 0.2) is 48.7 Å². The molecule has 0 saturated heterocycles. The third-order valence-corrected chi connectivity index (χ3v) is 8.50. The molecular weight excluding hydrogens is 534 g/mol. The Bertz CT molecular complexity index is 1340. The first kappa shape index (κ1) is 32.3. The number of hydrogen-bond acceptors (Lipinski definition) is 5. The van der Waals surface area contributed by atoms with Gasteiger partial charge >= 0.3 is 5.97 Å². The number of carboxylic acid groups (broad SMARTS) is 1. The number of anilines is 2. The minimum absolute atomic E-state index is 0.268. The van der Waals surface area contributed by atoms with Gasteiger partial charge in [-0.25, -0.2) is 4.98 Å². The summed E-state index contributed by atoms with van der Waals surface area (Å²) in [5, 5.41) is 13.6. The average molecular weight is 580 g/mol. The van der Waals surface area contributed by atoms with Gasteiger partial charge in [-0.05, 0) is 93.7 Å². The van der Waals surface area contributed by atoms with Gasteiger partial charge in [-0.3, -0.25) is 4.79 Å². The molecule has 3 aromatic rings. The van der Waals surface area contributed by atoms with Gasteiger partial charge in [0.25, 0.3) is 0 Å². The number of nitrogens with zero attached hydrogens (tertiary/aromatic N) is 1. The number of nitrogens with two attached hydrogens (primary N) is 1. The van der Waals surface area contributed by atoms with E-state index in [2.05, 4.69) is 63.1 Å². The number of nitrogens with one attached hydrogen (secondary N) is 1. The van der Waals surface area contributed by atoms with Crippen molar-refractivity contribution in [3.05, 3.63) is 81.5 Å². The first-order valence-corrected chi connectivity index (χ1v) is 15.0. The molecule has 4 N–H and O–H groups in total. The number of rotatable bonds is 14. The Kier molecular flexibility index (Phi) is 11.1. The zero-order valence-electron chi connectivity index (χ0n) is 25.6. The third kappa shape index (κ3) is 8.16. The van der Waals surface area contributed by atoms with E-state index in [1.54, 1.807) is 13.1 Å². The van der Waals surface area contributed by atoms with Gasteiger partial charge in [0.1, 0.15) is 5.60 Å². The van der Waals surface area contributed by atoms with Crippen LogP contribution in [-0.4, -0.2) is 28.2 Å². The fourth-order valence-corrected chi connectivity index (χ4v) is 5.38. The average Bonchev–Trinajstić information content (AvgIpc) is 2.93. The second-order valence-corrected chi connectivity index (χ2v) is 12.2. The van der Waals surface area contributed by atoms with Crippen molar-refractivity contribution >= 4 is 28.9 Å². The molecule has 1 aromatic heterocycles. The molecule has 41 heavy (non-hydrogen) atoms. The Hall–Kier alpha value is -3.25. The van der Waals surface area contributed by atoms with E-state index < -0.39 is 17.8 Å². The molecule has 0 saturated carbocycles. The van der Waals surface area contributed by atoms with E-state index >= 15 is 0 Å². The van der Waals surface area contributed by atoms with Crippen LogP contribution < -0.4 is 15.8 Å². The zero-order chi connectivity index (χ0) is 30.3. The predicted octanol–water partition coefficient (Wildman–Crippen LogP) is 8.29. The number of pyridine rings is 1. The smallest absolute Gasteiger partial charge is 0.307 e. The Morgan fingerprint density at radius 3 is 2.54 bits per heavy atom. The first-order valence-electron chi connectivity index (χ1n) is 14.6. The highest BCUT2D eigenvalue weighted by Gasteiger charge is 2.30. The number of hydrogen-bond donors (Lipinski definition) is 3. The minimum Gasteiger partial charge on any atom is -0.481 e. The highest BCUT2D eigenvalue weighted by molar-refractivity contribution is 6.34. The van der Waals surface area contributed by atoms with Gasteiger partial charge in [-0.1, -0.05) is 62.7 Å². The van der Waals surface area contributed by atoms with Gasteiger partial charge in [-0.15, -0.1) is 0 Å². The van der Waals surface area contributed by atoms with Crippen molar-refractivity contribution in [1.82, 2.24) is 4.98 Å². The molecule has 3 rings (SSSR count). The molecule has 7 heteroatoms. The maximum atomic E-state index is 12.2. The summed E-state index contributed by atoms with van der Waals surface area (Å²) in [5.41, 5.74) is 12.4. The molecule has 0 spiro atoms. The topological polar surface area (TPSA) is 97.5 Å². The van der Waals surface area contributed by atoms with Gasteiger partial charge in [0.15, 0.2) is 0 Å². The monoisotopic (exact) mass is 579 g/mol. The summed E-state index contributed by atoms with van der Waals surface area (Å²) in [6, 6.07) is 14.1. The van der Waals surface area contributed by atoms with Gasteiger partial charge in [-0.2, -0.15) is 0 Å². The van der Waals surface area contributed by atoms with Crippen molar-refractivity contribution < 1.29 is 14.6 Å². The van der Waals surface area contributed by atoms with Crippen LogP contribution in [0.5, 0.6) is 5.88 Å². The van der Waals surface area contributed by atoms with Crippen LogP contribution in [-0.2, 0) is 17.6 Å². The summed E-state index contributed by atoms with van der Waals surface area (Å²) < 4.78 is 6.23. The summed E-state index contributed by atoms with van der Waals surface area (Å²) in [4.78, 5) is 16.7. The van der Waals surface area contributed by atoms with Crippen LogP contribution in [0.4, 0.5) is 11.4 Å². The molecular formula is C34H46ClN3O3. The van der Waals surface area contributed by atoms with E-state index in [1.807, 2.05) is 31.2 Å². The number of carboxylic acids is 1. The lowest BCUT2D eigenvalue weighted by molar-refractivity contribution is -0.141. The summed E-state index contributed by atoms with van der Waals surface area (Å²) in [7, 11) is 0. The van der Waals surface area contributed by atoms with Crippen molar-refractivity contribution in [3.8, 4) is 5.88 Å². The largest absolute Gasteiger partial charge is 0.481 e. The molecule has 3 unspecified atom stereocenters. The molecule has 6 nitrogen and oxygen atoms in total. The number of ether oxygens (including phenoxy) is 1. The van der Waals surface area contributed by atoms with Crippen LogP contribution >= 0.6 is 11.6 Å². The molecule has 3 atom stereocenters. The summed E-state index contributed by atoms with van der Waals surface area (Å²) in [6.45, 7) is 15.1. The molecule has 0 radical (unpaired) electrons. The van der Waals surface area contributed by atoms with E-state index in [0.717, 1.165) is 48.1 Å². The van der Waals surface area contributed by atoms with Crippen LogP contribution in [0.3, 0.4) is 0 Å². The molecule has 0 aliphatic rings. The Labute approximate surface area is 250 Å². The SMILES string of the molecule is CCNc1ccc(C(c2ccc(C)c(CC(C)CCc3cccnc3OC(C)(C)CC)c2)C(C)C(=O)O)c(Cl)c1N. The molecule has 0 fully saturated rings. The lowest BCUT2D eigenvalue weighted by atomic mass is 9.79. The lowest BCUT2D eigenvalue weighted by Gasteiger charge is -2.26. The number of aliphatic carboxylic acids is 1. The quantitative estimate of drug-likeness (QED) is 0.166. The number of aromatic nitrogens is 1. The molecule has 2 aromatic carbocycles. The lowest BCUT2D eigenvalue weighted by Crippen LogP contribution is -2.27. The van der Waals surface area contributed by atoms with Crippen molar-refractivity contribution in [1.29, 1.82) is 0 Å². The summed E-state index contributed by atoms with van der Waals surface area (Å²) in [6.07, 6.45) is 5.40. The molecule has 1 heterocycles. The third-order valence-electron chi connectivity index (χ3n) is 8.08. The Morgan fingerprint density at radius 2 is 1.88 bits per heavy atom. The zero-order valence-corrected chi connectivity index (χ0v) is 26.3. The van der Waals surface area contributed by atoms with E-state index in [-0.39, 0.29) is 5.60 Å². The van der Waals surface area contributed by atoms with Gasteiger partial charge in [0.05, 0.1) is 22.3 Å². The molecule has 0 bridgehead atoms. The van der Waals surface area contributed by atoms with E-state index in [9.17, 15) is 9.90 Å². The molecule has 222 valence electrons. The van der Waals surface area contributed by atoms with E-state index in [0.29, 0.717) is 29.1 Å². The van der Waals surface area contributed by atoms with Crippen LogP contribution in [0.1, 0.15) is 88.1 Å². The van der Waals surface area contributed by atoms with Gasteiger partial charge in [0.2, 0.25) is 5.88 Å². The fourth-order valence-electron chi connectivity index (χ4n) is 5.10. The molecule has 0 aliphatic heterocycles. The highest BCUT2D eigenvalue weighted by atomic mass is 35.5. The van der Waals surface area contributed by atoms with Crippen molar-refractivity contribution in [2.75, 3.05) is 17.6 Å². The minimum atomic E-state index is -0.878.